The quantitative estimate of drug-likeness (QED) is 0.779. The zero-order valence-corrected chi connectivity index (χ0v) is 11.6. The van der Waals surface area contributed by atoms with Crippen LogP contribution in [0.3, 0.4) is 0 Å². The molecule has 1 aliphatic heterocycles. The largest absolute Gasteiger partial charge is 0.377 e. The summed E-state index contributed by atoms with van der Waals surface area (Å²) < 4.78 is 5.45. The fourth-order valence-corrected chi connectivity index (χ4v) is 2.77. The zero-order valence-electron chi connectivity index (χ0n) is 10.8. The summed E-state index contributed by atoms with van der Waals surface area (Å²) in [6.07, 6.45) is 1.46. The highest BCUT2D eigenvalue weighted by Crippen LogP contribution is 2.19. The Morgan fingerprint density at radius 3 is 2.88 bits per heavy atom. The molecule has 1 N–H and O–H groups in total. The molecule has 0 aromatic rings. The van der Waals surface area contributed by atoms with Crippen LogP contribution in [0.25, 0.3) is 0 Å². The van der Waals surface area contributed by atoms with Gasteiger partial charge in [0.25, 0.3) is 0 Å². The van der Waals surface area contributed by atoms with Crippen LogP contribution in [0.5, 0.6) is 0 Å². The molecule has 0 amide bonds. The van der Waals surface area contributed by atoms with Crippen LogP contribution in [0, 0.1) is 5.92 Å². The van der Waals surface area contributed by atoms with E-state index in [1.807, 2.05) is 18.7 Å². The lowest BCUT2D eigenvalue weighted by Crippen LogP contribution is -2.28. The molecule has 0 bridgehead atoms. The van der Waals surface area contributed by atoms with E-state index < -0.39 is 0 Å². The van der Waals surface area contributed by atoms with Gasteiger partial charge in [-0.05, 0) is 26.2 Å². The number of rotatable bonds is 6. The summed E-state index contributed by atoms with van der Waals surface area (Å²) in [6.45, 7) is 10.1. The summed E-state index contributed by atoms with van der Waals surface area (Å²) in [5.41, 5.74) is 0. The van der Waals surface area contributed by atoms with Crippen LogP contribution in [0.4, 0.5) is 0 Å². The van der Waals surface area contributed by atoms with Crippen molar-refractivity contribution >= 4 is 16.9 Å². The zero-order chi connectivity index (χ0) is 12.0. The Bertz CT molecular complexity index is 231. The van der Waals surface area contributed by atoms with Crippen LogP contribution in [0.1, 0.15) is 34.1 Å². The third-order valence-electron chi connectivity index (χ3n) is 2.45. The van der Waals surface area contributed by atoms with Gasteiger partial charge >= 0.3 is 0 Å². The maximum atomic E-state index is 5.45. The van der Waals surface area contributed by atoms with Crippen molar-refractivity contribution in [3.8, 4) is 0 Å². The van der Waals surface area contributed by atoms with Gasteiger partial charge < -0.3 is 10.1 Å². The average Bonchev–Trinajstić information content (AvgIpc) is 2.62. The van der Waals surface area contributed by atoms with E-state index in [4.69, 9.17) is 4.74 Å². The fraction of sp³-hybridized carbons (Fsp3) is 0.917. The molecule has 0 saturated carbocycles. The Kier molecular flexibility index (Phi) is 6.21. The van der Waals surface area contributed by atoms with Crippen molar-refractivity contribution in [2.75, 3.05) is 18.9 Å². The molecule has 16 heavy (non-hydrogen) atoms. The molecule has 1 aliphatic rings. The molecule has 0 aromatic carbocycles. The molecule has 1 fully saturated rings. The smallest absolute Gasteiger partial charge is 0.156 e. The van der Waals surface area contributed by atoms with Crippen molar-refractivity contribution in [1.82, 2.24) is 5.32 Å². The Morgan fingerprint density at radius 2 is 2.25 bits per heavy atom. The minimum absolute atomic E-state index is 0.226. The lowest BCUT2D eigenvalue weighted by Gasteiger charge is -2.12. The van der Waals surface area contributed by atoms with E-state index in [1.165, 1.54) is 6.42 Å². The topological polar surface area (TPSA) is 33.6 Å². The first-order valence-electron chi connectivity index (χ1n) is 6.17. The Morgan fingerprint density at radius 1 is 1.50 bits per heavy atom. The number of hydrogen-bond donors (Lipinski definition) is 1. The van der Waals surface area contributed by atoms with Gasteiger partial charge in [-0.3, -0.25) is 4.99 Å². The lowest BCUT2D eigenvalue weighted by molar-refractivity contribution is 0.0829. The fourth-order valence-electron chi connectivity index (χ4n) is 1.77. The Balaban J connectivity index is 2.26. The number of nitrogens with one attached hydrogen (secondary N) is 1. The third kappa shape index (κ3) is 5.21. The van der Waals surface area contributed by atoms with Crippen molar-refractivity contribution in [2.24, 2.45) is 10.9 Å². The normalized spacial score (nSPS) is 25.1. The standard InChI is InChI=1S/C12H24N2OS/c1-5-15-10(4)7-13-12-14-11(8-16-12)6-9(2)3/h9-11H,5-8H2,1-4H3,(H,13,14). The number of hydrogen-bond acceptors (Lipinski definition) is 3. The monoisotopic (exact) mass is 244 g/mol. The average molecular weight is 244 g/mol. The number of amidine groups is 1. The molecule has 1 heterocycles. The van der Waals surface area contributed by atoms with Gasteiger partial charge in [0.1, 0.15) is 0 Å². The minimum atomic E-state index is 0.226. The number of aliphatic imine (C=N–C) groups is 1. The van der Waals surface area contributed by atoms with Crippen LogP contribution >= 0.6 is 11.8 Å². The molecule has 3 nitrogen and oxygen atoms in total. The lowest BCUT2D eigenvalue weighted by atomic mass is 10.1. The SMILES string of the molecule is CCOC(C)CN=C1NC(CC(C)C)CS1. The summed E-state index contributed by atoms with van der Waals surface area (Å²) in [6, 6.07) is 0.603. The predicted octanol–water partition coefficient (Wildman–Crippen LogP) is 2.52. The number of nitrogens with zero attached hydrogens (tertiary/aromatic N) is 1. The number of ether oxygens (including phenoxy) is 1. The molecule has 4 heteroatoms. The first kappa shape index (κ1) is 13.8. The molecule has 2 unspecified atom stereocenters. The van der Waals surface area contributed by atoms with Gasteiger partial charge in [-0.25, -0.2) is 0 Å². The summed E-state index contributed by atoms with van der Waals surface area (Å²) >= 11 is 1.84. The van der Waals surface area contributed by atoms with Crippen LogP contribution in [-0.4, -0.2) is 36.2 Å². The first-order valence-corrected chi connectivity index (χ1v) is 7.15. The molecule has 0 aromatic heterocycles. The summed E-state index contributed by atoms with van der Waals surface area (Å²) in [5, 5.41) is 4.57. The Hall–Kier alpha value is -0.220. The van der Waals surface area contributed by atoms with E-state index >= 15 is 0 Å². The molecule has 0 aliphatic carbocycles. The van der Waals surface area contributed by atoms with Crippen molar-refractivity contribution in [3.05, 3.63) is 0 Å². The highest BCUT2D eigenvalue weighted by Gasteiger charge is 2.20. The van der Waals surface area contributed by atoms with E-state index in [1.54, 1.807) is 0 Å². The highest BCUT2D eigenvalue weighted by molar-refractivity contribution is 8.14. The maximum Gasteiger partial charge on any atom is 0.156 e. The second-order valence-electron chi connectivity index (χ2n) is 4.69. The van der Waals surface area contributed by atoms with Crippen molar-refractivity contribution < 1.29 is 4.74 Å². The second-order valence-corrected chi connectivity index (χ2v) is 5.70. The molecule has 1 rings (SSSR count). The van der Waals surface area contributed by atoms with Gasteiger partial charge in [-0.2, -0.15) is 0 Å². The van der Waals surface area contributed by atoms with Crippen LogP contribution < -0.4 is 5.32 Å². The first-order chi connectivity index (χ1) is 7.61. The summed E-state index contributed by atoms with van der Waals surface area (Å²) in [4.78, 5) is 4.54. The minimum Gasteiger partial charge on any atom is -0.377 e. The van der Waals surface area contributed by atoms with Crippen LogP contribution in [0.15, 0.2) is 4.99 Å². The predicted molar refractivity (Wildman–Crippen MR) is 72.2 cm³/mol. The molecule has 0 radical (unpaired) electrons. The van der Waals surface area contributed by atoms with Gasteiger partial charge in [0.05, 0.1) is 12.6 Å². The summed E-state index contributed by atoms with van der Waals surface area (Å²) in [7, 11) is 0. The van der Waals surface area contributed by atoms with Crippen molar-refractivity contribution in [3.63, 3.8) is 0 Å². The highest BCUT2D eigenvalue weighted by atomic mass is 32.2. The molecule has 0 spiro atoms. The van der Waals surface area contributed by atoms with E-state index in [2.05, 4.69) is 31.1 Å². The molecule has 94 valence electrons. The molecular weight excluding hydrogens is 220 g/mol. The van der Waals surface area contributed by atoms with E-state index in [9.17, 15) is 0 Å². The Labute approximate surface area is 103 Å². The van der Waals surface area contributed by atoms with Gasteiger partial charge in [0, 0.05) is 18.4 Å². The van der Waals surface area contributed by atoms with Crippen molar-refractivity contribution in [2.45, 2.75) is 46.3 Å². The van der Waals surface area contributed by atoms with Crippen molar-refractivity contribution in [1.29, 1.82) is 0 Å². The van der Waals surface area contributed by atoms with Crippen LogP contribution in [0.2, 0.25) is 0 Å². The molecule has 1 saturated heterocycles. The van der Waals surface area contributed by atoms with Crippen LogP contribution in [-0.2, 0) is 4.74 Å². The number of thioether (sulfide) groups is 1. The van der Waals surface area contributed by atoms with Gasteiger partial charge in [0.15, 0.2) is 5.17 Å². The third-order valence-corrected chi connectivity index (χ3v) is 3.54. The molecular formula is C12H24N2OS. The van der Waals surface area contributed by atoms with E-state index in [0.717, 1.165) is 30.0 Å². The van der Waals surface area contributed by atoms with E-state index in [0.29, 0.717) is 6.04 Å². The maximum absolute atomic E-state index is 5.45. The second kappa shape index (κ2) is 7.17. The van der Waals surface area contributed by atoms with Gasteiger partial charge in [-0.15, -0.1) is 0 Å². The van der Waals surface area contributed by atoms with Gasteiger partial charge in [-0.1, -0.05) is 25.6 Å². The molecule has 2 atom stereocenters. The van der Waals surface area contributed by atoms with Gasteiger partial charge in [0.2, 0.25) is 0 Å². The van der Waals surface area contributed by atoms with E-state index in [-0.39, 0.29) is 6.10 Å². The summed E-state index contributed by atoms with van der Waals surface area (Å²) in [5.74, 6) is 1.90.